The molecule has 4 rings (SSSR count). The highest BCUT2D eigenvalue weighted by molar-refractivity contribution is 6.04. The van der Waals surface area contributed by atoms with E-state index in [1.165, 1.54) is 12.1 Å². The first kappa shape index (κ1) is 22.0. The number of amides is 1. The number of nitrogens with zero attached hydrogens (tertiary/aromatic N) is 2. The van der Waals surface area contributed by atoms with E-state index in [1.807, 2.05) is 24.4 Å². The minimum absolute atomic E-state index is 0.0103. The molecule has 3 aromatic carbocycles. The fourth-order valence-electron chi connectivity index (χ4n) is 3.35. The molecule has 0 aliphatic heterocycles. The molecule has 0 aliphatic carbocycles. The van der Waals surface area contributed by atoms with E-state index < -0.39 is 6.61 Å². The summed E-state index contributed by atoms with van der Waals surface area (Å²) in [6, 6.07) is 20.5. The summed E-state index contributed by atoms with van der Waals surface area (Å²) in [6.07, 6.45) is 3.57. The number of hydrogen-bond acceptors (Lipinski definition) is 4. The predicted octanol–water partition coefficient (Wildman–Crippen LogP) is 5.46. The zero-order valence-corrected chi connectivity index (χ0v) is 17.7. The molecule has 1 N–H and O–H groups in total. The van der Waals surface area contributed by atoms with Gasteiger partial charge in [-0.25, -0.2) is 0 Å². The number of ether oxygens (including phenoxy) is 2. The lowest BCUT2D eigenvalue weighted by atomic mass is 10.0. The van der Waals surface area contributed by atoms with Crippen LogP contribution in [-0.2, 0) is 6.54 Å². The lowest BCUT2D eigenvalue weighted by Gasteiger charge is -2.14. The van der Waals surface area contributed by atoms with Gasteiger partial charge in [0.25, 0.3) is 5.91 Å². The van der Waals surface area contributed by atoms with Crippen LogP contribution in [0, 0.1) is 0 Å². The maximum absolute atomic E-state index is 12.9. The summed E-state index contributed by atoms with van der Waals surface area (Å²) in [4.78, 5) is 12.7. The van der Waals surface area contributed by atoms with Gasteiger partial charge in [-0.1, -0.05) is 24.3 Å². The average Bonchev–Trinajstić information content (AvgIpc) is 3.33. The van der Waals surface area contributed by atoms with E-state index in [-0.39, 0.29) is 11.7 Å². The van der Waals surface area contributed by atoms with Gasteiger partial charge in [-0.15, -0.1) is 0 Å². The summed E-state index contributed by atoms with van der Waals surface area (Å²) in [6.45, 7) is -2.37. The Bertz CT molecular complexity index is 1210. The number of anilines is 1. The van der Waals surface area contributed by atoms with Gasteiger partial charge in [-0.2, -0.15) is 13.9 Å². The van der Waals surface area contributed by atoms with Crippen LogP contribution in [0.15, 0.2) is 85.2 Å². The third-order valence-corrected chi connectivity index (χ3v) is 4.97. The lowest BCUT2D eigenvalue weighted by molar-refractivity contribution is -0.0494. The van der Waals surface area contributed by atoms with E-state index in [9.17, 15) is 13.6 Å². The third-order valence-electron chi connectivity index (χ3n) is 4.97. The largest absolute Gasteiger partial charge is 0.497 e. The van der Waals surface area contributed by atoms with Crippen molar-refractivity contribution in [2.24, 2.45) is 0 Å². The summed E-state index contributed by atoms with van der Waals surface area (Å²) in [5.74, 6) is 0.329. The van der Waals surface area contributed by atoms with Crippen LogP contribution in [0.2, 0.25) is 0 Å². The summed E-state index contributed by atoms with van der Waals surface area (Å²) in [5.41, 5.74) is 2.99. The van der Waals surface area contributed by atoms with Crippen LogP contribution in [0.25, 0.3) is 11.1 Å². The van der Waals surface area contributed by atoms with Gasteiger partial charge in [0.15, 0.2) is 0 Å². The van der Waals surface area contributed by atoms with Gasteiger partial charge in [-0.05, 0) is 59.7 Å². The molecule has 0 atom stereocenters. The molecule has 1 aromatic heterocycles. The first-order valence-electron chi connectivity index (χ1n) is 10.1. The Morgan fingerprint density at radius 2 is 1.82 bits per heavy atom. The van der Waals surface area contributed by atoms with Gasteiger partial charge in [0.1, 0.15) is 11.5 Å². The molecule has 0 bridgehead atoms. The van der Waals surface area contributed by atoms with Gasteiger partial charge in [0.05, 0.1) is 13.7 Å². The highest BCUT2D eigenvalue weighted by Crippen LogP contribution is 2.34. The molecular weight excluding hydrogens is 428 g/mol. The monoisotopic (exact) mass is 449 g/mol. The van der Waals surface area contributed by atoms with Crippen molar-refractivity contribution in [3.8, 4) is 22.6 Å². The van der Waals surface area contributed by atoms with Crippen LogP contribution in [-0.4, -0.2) is 29.4 Å². The number of halogens is 2. The van der Waals surface area contributed by atoms with Crippen molar-refractivity contribution in [3.05, 3.63) is 96.3 Å². The van der Waals surface area contributed by atoms with E-state index in [2.05, 4.69) is 15.2 Å². The van der Waals surface area contributed by atoms with Gasteiger partial charge in [0.2, 0.25) is 0 Å². The lowest BCUT2D eigenvalue weighted by Crippen LogP contribution is -2.12. The number of alkyl halides is 2. The topological polar surface area (TPSA) is 65.4 Å². The molecule has 1 heterocycles. The molecule has 1 amide bonds. The van der Waals surface area contributed by atoms with Crippen molar-refractivity contribution in [2.75, 3.05) is 12.4 Å². The second kappa shape index (κ2) is 9.95. The highest BCUT2D eigenvalue weighted by Gasteiger charge is 2.14. The number of carbonyl (C=O) groups excluding carboxylic acids is 1. The van der Waals surface area contributed by atoms with E-state index in [4.69, 9.17) is 4.74 Å². The quantitative estimate of drug-likeness (QED) is 0.388. The van der Waals surface area contributed by atoms with Gasteiger partial charge < -0.3 is 14.8 Å². The Morgan fingerprint density at radius 3 is 2.45 bits per heavy atom. The number of aromatic nitrogens is 2. The first-order chi connectivity index (χ1) is 16.0. The standard InChI is InChI=1S/C25H21F2N3O3/c1-32-21-10-7-18(8-11-21)22-15-20(9-12-23(22)33-25(26)27)29-24(31)19-5-3-17(4-6-19)16-30-14-2-13-28-30/h2-15,25H,16H2,1H3,(H,29,31). The van der Waals surface area contributed by atoms with Crippen LogP contribution < -0.4 is 14.8 Å². The Labute approximate surface area is 189 Å². The second-order valence-corrected chi connectivity index (χ2v) is 7.17. The maximum Gasteiger partial charge on any atom is 0.387 e. The molecule has 0 fully saturated rings. The molecule has 0 unspecified atom stereocenters. The maximum atomic E-state index is 12.9. The molecule has 4 aromatic rings. The summed E-state index contributed by atoms with van der Waals surface area (Å²) >= 11 is 0. The van der Waals surface area contributed by atoms with Crippen LogP contribution in [0.3, 0.4) is 0 Å². The zero-order chi connectivity index (χ0) is 23.2. The number of carbonyl (C=O) groups is 1. The fourth-order valence-corrected chi connectivity index (χ4v) is 3.35. The molecule has 0 radical (unpaired) electrons. The van der Waals surface area contributed by atoms with Gasteiger partial charge >= 0.3 is 6.61 Å². The van der Waals surface area contributed by atoms with E-state index >= 15 is 0 Å². The minimum atomic E-state index is -2.97. The second-order valence-electron chi connectivity index (χ2n) is 7.17. The van der Waals surface area contributed by atoms with Crippen LogP contribution in [0.5, 0.6) is 11.5 Å². The van der Waals surface area contributed by atoms with Crippen molar-refractivity contribution in [2.45, 2.75) is 13.2 Å². The van der Waals surface area contributed by atoms with Crippen LogP contribution >= 0.6 is 0 Å². The smallest absolute Gasteiger partial charge is 0.387 e. The van der Waals surface area contributed by atoms with Crippen molar-refractivity contribution in [3.63, 3.8) is 0 Å². The van der Waals surface area contributed by atoms with E-state index in [1.54, 1.807) is 60.5 Å². The highest BCUT2D eigenvalue weighted by atomic mass is 19.3. The van der Waals surface area contributed by atoms with E-state index in [0.717, 1.165) is 5.56 Å². The Balaban J connectivity index is 1.53. The summed E-state index contributed by atoms with van der Waals surface area (Å²) in [7, 11) is 1.54. The molecule has 33 heavy (non-hydrogen) atoms. The van der Waals surface area contributed by atoms with Gasteiger partial charge in [0, 0.05) is 29.2 Å². The predicted molar refractivity (Wildman–Crippen MR) is 121 cm³/mol. The summed E-state index contributed by atoms with van der Waals surface area (Å²) < 4.78 is 37.4. The Hall–Kier alpha value is -4.20. The molecule has 8 heteroatoms. The molecule has 6 nitrogen and oxygen atoms in total. The van der Waals surface area contributed by atoms with Crippen molar-refractivity contribution in [1.82, 2.24) is 9.78 Å². The van der Waals surface area contributed by atoms with Crippen LogP contribution in [0.1, 0.15) is 15.9 Å². The minimum Gasteiger partial charge on any atom is -0.497 e. The SMILES string of the molecule is COc1ccc(-c2cc(NC(=O)c3ccc(Cn4cccn4)cc3)ccc2OC(F)F)cc1. The first-order valence-corrected chi connectivity index (χ1v) is 10.1. The van der Waals surface area contributed by atoms with E-state index in [0.29, 0.717) is 34.7 Å². The number of benzene rings is 3. The molecule has 0 spiro atoms. The molecule has 0 aliphatic rings. The Kier molecular flexibility index (Phi) is 6.64. The Morgan fingerprint density at radius 1 is 1.06 bits per heavy atom. The molecule has 0 saturated heterocycles. The number of rotatable bonds is 8. The molecule has 168 valence electrons. The van der Waals surface area contributed by atoms with Crippen molar-refractivity contribution < 1.29 is 23.0 Å². The number of methoxy groups -OCH3 is 1. The van der Waals surface area contributed by atoms with Gasteiger partial charge in [-0.3, -0.25) is 9.48 Å². The average molecular weight is 449 g/mol. The van der Waals surface area contributed by atoms with Crippen LogP contribution in [0.4, 0.5) is 14.5 Å². The van der Waals surface area contributed by atoms with Crippen molar-refractivity contribution >= 4 is 11.6 Å². The number of hydrogen-bond donors (Lipinski definition) is 1. The summed E-state index contributed by atoms with van der Waals surface area (Å²) in [5, 5.41) is 6.98. The zero-order valence-electron chi connectivity index (χ0n) is 17.7. The van der Waals surface area contributed by atoms with Crippen molar-refractivity contribution in [1.29, 1.82) is 0 Å². The number of nitrogens with one attached hydrogen (secondary N) is 1. The fraction of sp³-hybridized carbons (Fsp3) is 0.120. The molecule has 0 saturated carbocycles. The third kappa shape index (κ3) is 5.54. The normalized spacial score (nSPS) is 10.8. The molecular formula is C25H21F2N3O3.